The Morgan fingerprint density at radius 2 is 2.00 bits per heavy atom. The predicted molar refractivity (Wildman–Crippen MR) is 132 cm³/mol. The molecule has 0 aliphatic carbocycles. The number of ether oxygens (including phenoxy) is 2. The monoisotopic (exact) mass is 532 g/mol. The Bertz CT molecular complexity index is 722. The number of aliphatic imine (C=N–C) groups is 1. The van der Waals surface area contributed by atoms with Gasteiger partial charge in [-0.2, -0.15) is 0 Å². The van der Waals surface area contributed by atoms with Crippen molar-refractivity contribution in [1.82, 2.24) is 15.6 Å². The minimum absolute atomic E-state index is 0. The van der Waals surface area contributed by atoms with Gasteiger partial charge in [0.15, 0.2) is 5.96 Å². The Hall–Kier alpha value is -1.39. The summed E-state index contributed by atoms with van der Waals surface area (Å²) >= 11 is 1.71. The fraction of sp³-hybridized carbons (Fsp3) is 0.524. The molecule has 0 saturated heterocycles. The molecule has 2 N–H and O–H groups in total. The molecule has 1 atom stereocenters. The smallest absolute Gasteiger partial charge is 0.191 e. The van der Waals surface area contributed by atoms with Crippen LogP contribution >= 0.6 is 35.3 Å². The number of hydrogen-bond donors (Lipinski definition) is 2. The van der Waals surface area contributed by atoms with Crippen LogP contribution in [0.1, 0.15) is 42.5 Å². The molecule has 0 bridgehead atoms. The summed E-state index contributed by atoms with van der Waals surface area (Å²) in [4.78, 5) is 9.32. The summed E-state index contributed by atoms with van der Waals surface area (Å²) in [5.74, 6) is 2.00. The van der Waals surface area contributed by atoms with Gasteiger partial charge in [0, 0.05) is 43.3 Å². The summed E-state index contributed by atoms with van der Waals surface area (Å²) in [7, 11) is 1.67. The lowest BCUT2D eigenvalue weighted by Gasteiger charge is -2.15. The predicted octanol–water partition coefficient (Wildman–Crippen LogP) is 4.34. The van der Waals surface area contributed by atoms with Gasteiger partial charge in [0.25, 0.3) is 0 Å². The van der Waals surface area contributed by atoms with Crippen LogP contribution in [0, 0.1) is 6.92 Å². The molecule has 1 heterocycles. The average Bonchev–Trinajstić information content (AvgIpc) is 3.16. The van der Waals surface area contributed by atoms with E-state index in [4.69, 9.17) is 14.5 Å². The van der Waals surface area contributed by atoms with Gasteiger partial charge in [-0.3, -0.25) is 0 Å². The van der Waals surface area contributed by atoms with Crippen LogP contribution in [0.5, 0.6) is 5.75 Å². The maximum atomic E-state index is 5.41. The number of benzene rings is 1. The van der Waals surface area contributed by atoms with Crippen LogP contribution in [0.4, 0.5) is 0 Å². The van der Waals surface area contributed by atoms with E-state index < -0.39 is 0 Å². The van der Waals surface area contributed by atoms with E-state index in [1.54, 1.807) is 18.4 Å². The Morgan fingerprint density at radius 1 is 1.24 bits per heavy atom. The number of rotatable bonds is 11. The quantitative estimate of drug-likeness (QED) is 0.195. The zero-order valence-electron chi connectivity index (χ0n) is 17.7. The van der Waals surface area contributed by atoms with Crippen LogP contribution in [0.2, 0.25) is 0 Å². The number of guanidine groups is 1. The molecular weight excluding hydrogens is 499 g/mol. The molecule has 0 saturated carbocycles. The normalized spacial score (nSPS) is 12.2. The van der Waals surface area contributed by atoms with Gasteiger partial charge in [0.05, 0.1) is 18.7 Å². The summed E-state index contributed by atoms with van der Waals surface area (Å²) in [6, 6.07) is 7.99. The Morgan fingerprint density at radius 3 is 2.62 bits per heavy atom. The van der Waals surface area contributed by atoms with Crippen molar-refractivity contribution in [2.24, 2.45) is 4.99 Å². The van der Waals surface area contributed by atoms with Crippen LogP contribution in [-0.2, 0) is 11.3 Å². The lowest BCUT2D eigenvalue weighted by atomic mass is 10.2. The van der Waals surface area contributed by atoms with E-state index in [1.807, 2.05) is 38.1 Å². The van der Waals surface area contributed by atoms with Crippen molar-refractivity contribution in [2.45, 2.75) is 39.7 Å². The molecular formula is C21H33IN4O2S. The third-order valence-electron chi connectivity index (χ3n) is 4.17. The first-order valence-electron chi connectivity index (χ1n) is 9.77. The second kappa shape index (κ2) is 14.6. The number of methoxy groups -OCH3 is 1. The van der Waals surface area contributed by atoms with E-state index in [2.05, 4.69) is 27.9 Å². The van der Waals surface area contributed by atoms with Crippen molar-refractivity contribution < 1.29 is 9.47 Å². The summed E-state index contributed by atoms with van der Waals surface area (Å²) in [5.41, 5.74) is 2.22. The number of thiazole rings is 1. The fourth-order valence-corrected chi connectivity index (χ4v) is 3.39. The Kier molecular flexibility index (Phi) is 12.9. The second-order valence-corrected chi connectivity index (χ2v) is 7.49. The van der Waals surface area contributed by atoms with Gasteiger partial charge in [-0.15, -0.1) is 35.3 Å². The van der Waals surface area contributed by atoms with E-state index in [-0.39, 0.29) is 24.0 Å². The zero-order valence-corrected chi connectivity index (χ0v) is 20.9. The highest BCUT2D eigenvalue weighted by atomic mass is 127. The van der Waals surface area contributed by atoms with Crippen LogP contribution in [0.25, 0.3) is 0 Å². The highest BCUT2D eigenvalue weighted by Gasteiger charge is 2.10. The molecule has 1 aromatic heterocycles. The highest BCUT2D eigenvalue weighted by Crippen LogP contribution is 2.18. The molecule has 1 aromatic carbocycles. The highest BCUT2D eigenvalue weighted by molar-refractivity contribution is 14.0. The molecule has 0 fully saturated rings. The molecule has 1 unspecified atom stereocenters. The molecule has 162 valence electrons. The van der Waals surface area contributed by atoms with Gasteiger partial charge in [-0.05, 0) is 38.0 Å². The molecule has 2 rings (SSSR count). The largest absolute Gasteiger partial charge is 0.497 e. The Balaban J connectivity index is 0.00000420. The van der Waals surface area contributed by atoms with E-state index in [9.17, 15) is 0 Å². The summed E-state index contributed by atoms with van der Waals surface area (Å²) < 4.78 is 10.6. The standard InChI is InChI=1S/C21H32N4O2S.HI/c1-5-27-12-6-11-22-21(23-13-16(2)20-25-17(3)15-28-20)24-14-18-7-9-19(26-4)10-8-18;/h7-10,15-16H,5-6,11-14H2,1-4H3,(H2,22,23,24);1H. The van der Waals surface area contributed by atoms with Crippen LogP contribution in [-0.4, -0.2) is 44.4 Å². The minimum atomic E-state index is 0. The molecule has 0 amide bonds. The second-order valence-electron chi connectivity index (χ2n) is 6.60. The number of halogens is 1. The zero-order chi connectivity index (χ0) is 20.2. The molecule has 6 nitrogen and oxygen atoms in total. The summed E-state index contributed by atoms with van der Waals surface area (Å²) in [6.07, 6.45) is 0.943. The van der Waals surface area contributed by atoms with Gasteiger partial charge in [0.1, 0.15) is 5.75 Å². The number of aryl methyl sites for hydroxylation is 1. The fourth-order valence-electron chi connectivity index (χ4n) is 2.54. The van der Waals surface area contributed by atoms with Gasteiger partial charge in [-0.1, -0.05) is 19.1 Å². The van der Waals surface area contributed by atoms with Crippen LogP contribution in [0.15, 0.2) is 34.6 Å². The van der Waals surface area contributed by atoms with Crippen molar-refractivity contribution >= 4 is 41.3 Å². The van der Waals surface area contributed by atoms with Crippen molar-refractivity contribution in [2.75, 3.05) is 33.4 Å². The van der Waals surface area contributed by atoms with Crippen LogP contribution in [0.3, 0.4) is 0 Å². The van der Waals surface area contributed by atoms with Gasteiger partial charge in [0.2, 0.25) is 0 Å². The van der Waals surface area contributed by atoms with Crippen molar-refractivity contribution in [3.63, 3.8) is 0 Å². The van der Waals surface area contributed by atoms with E-state index >= 15 is 0 Å². The van der Waals surface area contributed by atoms with E-state index in [0.29, 0.717) is 12.5 Å². The topological polar surface area (TPSA) is 67.8 Å². The molecule has 8 heteroatoms. The van der Waals surface area contributed by atoms with E-state index in [0.717, 1.165) is 60.7 Å². The van der Waals surface area contributed by atoms with Crippen molar-refractivity contribution in [1.29, 1.82) is 0 Å². The molecule has 0 aliphatic heterocycles. The number of aromatic nitrogens is 1. The maximum Gasteiger partial charge on any atom is 0.191 e. The van der Waals surface area contributed by atoms with Crippen molar-refractivity contribution in [3.8, 4) is 5.75 Å². The first-order chi connectivity index (χ1) is 13.6. The number of nitrogens with one attached hydrogen (secondary N) is 2. The maximum absolute atomic E-state index is 5.41. The molecule has 0 spiro atoms. The third kappa shape index (κ3) is 9.77. The van der Waals surface area contributed by atoms with Gasteiger partial charge >= 0.3 is 0 Å². The molecule has 0 aliphatic rings. The Labute approximate surface area is 195 Å². The average molecular weight is 532 g/mol. The van der Waals surface area contributed by atoms with Crippen molar-refractivity contribution in [3.05, 3.63) is 45.9 Å². The van der Waals surface area contributed by atoms with Crippen LogP contribution < -0.4 is 15.4 Å². The van der Waals surface area contributed by atoms with E-state index in [1.165, 1.54) is 0 Å². The summed E-state index contributed by atoms with van der Waals surface area (Å²) in [5, 5.41) is 10.1. The van der Waals surface area contributed by atoms with Gasteiger partial charge in [-0.25, -0.2) is 9.98 Å². The lowest BCUT2D eigenvalue weighted by Crippen LogP contribution is -2.39. The lowest BCUT2D eigenvalue weighted by molar-refractivity contribution is 0.145. The first-order valence-corrected chi connectivity index (χ1v) is 10.6. The molecule has 2 aromatic rings. The molecule has 29 heavy (non-hydrogen) atoms. The number of hydrogen-bond acceptors (Lipinski definition) is 5. The summed E-state index contributed by atoms with van der Waals surface area (Å²) in [6.45, 7) is 9.94. The van der Waals surface area contributed by atoms with Gasteiger partial charge < -0.3 is 20.1 Å². The first kappa shape index (κ1) is 25.6. The minimum Gasteiger partial charge on any atom is -0.497 e. The third-order valence-corrected chi connectivity index (χ3v) is 5.37. The SMILES string of the molecule is CCOCCCNC(=NCc1ccc(OC)cc1)NCC(C)c1nc(C)cs1.I. The number of nitrogens with zero attached hydrogens (tertiary/aromatic N) is 2. The molecule has 0 radical (unpaired) electrons.